The average molecular weight is 295 g/mol. The third-order valence-corrected chi connectivity index (χ3v) is 3.44. The molecule has 0 aliphatic carbocycles. The van der Waals surface area contributed by atoms with E-state index in [-0.39, 0.29) is 17.9 Å². The van der Waals surface area contributed by atoms with Crippen molar-refractivity contribution >= 4 is 11.9 Å². The van der Waals surface area contributed by atoms with Crippen LogP contribution in [0.25, 0.3) is 0 Å². The van der Waals surface area contributed by atoms with Gasteiger partial charge in [-0.2, -0.15) is 13.2 Å². The van der Waals surface area contributed by atoms with Gasteiger partial charge in [0.2, 0.25) is 0 Å². The van der Waals surface area contributed by atoms with Crippen molar-refractivity contribution in [2.75, 3.05) is 13.2 Å². The number of rotatable bonds is 2. The fourth-order valence-corrected chi connectivity index (χ4v) is 2.43. The van der Waals surface area contributed by atoms with E-state index in [0.29, 0.717) is 6.54 Å². The molecule has 1 aliphatic rings. The van der Waals surface area contributed by atoms with E-state index >= 15 is 0 Å². The number of piperidine rings is 1. The van der Waals surface area contributed by atoms with Gasteiger partial charge in [-0.25, -0.2) is 4.79 Å². The standard InChI is InChI=1S/C13H20F3NO3/c1-8(2)10-5-4-9(3)6-17(10)11(18)12(19)20-7-13(14,15)16/h8-10H,4-7H2,1-3H3/t9-,10+/m0/s1. The number of hydrogen-bond acceptors (Lipinski definition) is 3. The molecule has 0 unspecified atom stereocenters. The van der Waals surface area contributed by atoms with Gasteiger partial charge >= 0.3 is 18.1 Å². The second kappa shape index (κ2) is 6.45. The van der Waals surface area contributed by atoms with Crippen molar-refractivity contribution in [1.29, 1.82) is 0 Å². The first kappa shape index (κ1) is 16.8. The summed E-state index contributed by atoms with van der Waals surface area (Å²) in [6, 6.07) is -0.128. The van der Waals surface area contributed by atoms with Gasteiger partial charge in [-0.3, -0.25) is 4.79 Å². The van der Waals surface area contributed by atoms with Gasteiger partial charge in [0, 0.05) is 12.6 Å². The number of hydrogen-bond donors (Lipinski definition) is 0. The monoisotopic (exact) mass is 295 g/mol. The quantitative estimate of drug-likeness (QED) is 0.580. The van der Waals surface area contributed by atoms with Gasteiger partial charge in [0.25, 0.3) is 0 Å². The van der Waals surface area contributed by atoms with E-state index in [2.05, 4.69) is 4.74 Å². The molecule has 7 heteroatoms. The zero-order valence-electron chi connectivity index (χ0n) is 11.9. The molecule has 1 amide bonds. The normalized spacial score (nSPS) is 23.9. The van der Waals surface area contributed by atoms with Crippen molar-refractivity contribution in [3.05, 3.63) is 0 Å². The Morgan fingerprint density at radius 3 is 2.40 bits per heavy atom. The molecule has 1 heterocycles. The highest BCUT2D eigenvalue weighted by Gasteiger charge is 2.37. The molecule has 4 nitrogen and oxygen atoms in total. The Hall–Kier alpha value is -1.27. The van der Waals surface area contributed by atoms with E-state index in [1.165, 1.54) is 4.90 Å². The van der Waals surface area contributed by atoms with Gasteiger partial charge in [-0.05, 0) is 24.7 Å². The molecule has 2 atom stereocenters. The van der Waals surface area contributed by atoms with Crippen molar-refractivity contribution in [1.82, 2.24) is 4.90 Å². The van der Waals surface area contributed by atoms with Crippen LogP contribution in [0.4, 0.5) is 13.2 Å². The fourth-order valence-electron chi connectivity index (χ4n) is 2.43. The first-order chi connectivity index (χ1) is 9.11. The first-order valence-electron chi connectivity index (χ1n) is 6.66. The third-order valence-electron chi connectivity index (χ3n) is 3.44. The van der Waals surface area contributed by atoms with Crippen molar-refractivity contribution in [3.8, 4) is 0 Å². The Morgan fingerprint density at radius 2 is 1.90 bits per heavy atom. The number of carbonyl (C=O) groups excluding carboxylic acids is 2. The molecular formula is C13H20F3NO3. The number of carbonyl (C=O) groups is 2. The molecule has 1 fully saturated rings. The Labute approximate surface area is 116 Å². The summed E-state index contributed by atoms with van der Waals surface area (Å²) in [4.78, 5) is 24.8. The van der Waals surface area contributed by atoms with E-state index < -0.39 is 24.7 Å². The Kier molecular flexibility index (Phi) is 5.42. The number of alkyl halides is 3. The van der Waals surface area contributed by atoms with Gasteiger partial charge in [0.05, 0.1) is 0 Å². The second-order valence-electron chi connectivity index (χ2n) is 5.64. The molecule has 0 radical (unpaired) electrons. The number of esters is 1. The topological polar surface area (TPSA) is 46.6 Å². The van der Waals surface area contributed by atoms with E-state index in [9.17, 15) is 22.8 Å². The molecule has 0 saturated carbocycles. The summed E-state index contributed by atoms with van der Waals surface area (Å²) in [6.07, 6.45) is -2.94. The summed E-state index contributed by atoms with van der Waals surface area (Å²) in [5, 5.41) is 0. The van der Waals surface area contributed by atoms with E-state index in [1.807, 2.05) is 20.8 Å². The molecule has 1 rings (SSSR count). The largest absolute Gasteiger partial charge is 0.449 e. The van der Waals surface area contributed by atoms with Gasteiger partial charge in [-0.1, -0.05) is 20.8 Å². The molecule has 116 valence electrons. The second-order valence-corrected chi connectivity index (χ2v) is 5.64. The molecule has 0 aromatic heterocycles. The average Bonchev–Trinajstić information content (AvgIpc) is 2.33. The maximum absolute atomic E-state index is 12.0. The molecule has 0 spiro atoms. The molecular weight excluding hydrogens is 275 g/mol. The van der Waals surface area contributed by atoms with Crippen LogP contribution in [0.1, 0.15) is 33.6 Å². The number of halogens is 3. The lowest BCUT2D eigenvalue weighted by Crippen LogP contribution is -2.51. The summed E-state index contributed by atoms with van der Waals surface area (Å²) in [5.41, 5.74) is 0. The van der Waals surface area contributed by atoms with Gasteiger partial charge in [-0.15, -0.1) is 0 Å². The van der Waals surface area contributed by atoms with Crippen LogP contribution >= 0.6 is 0 Å². The molecule has 1 aliphatic heterocycles. The smallest absolute Gasteiger partial charge is 0.422 e. The van der Waals surface area contributed by atoms with Gasteiger partial charge in [0.15, 0.2) is 6.61 Å². The highest BCUT2D eigenvalue weighted by atomic mass is 19.4. The summed E-state index contributed by atoms with van der Waals surface area (Å²) in [6.45, 7) is 4.43. The molecule has 1 saturated heterocycles. The van der Waals surface area contributed by atoms with Gasteiger partial charge in [0.1, 0.15) is 0 Å². The lowest BCUT2D eigenvalue weighted by atomic mass is 9.88. The summed E-state index contributed by atoms with van der Waals surface area (Å²) >= 11 is 0. The fraction of sp³-hybridized carbons (Fsp3) is 0.846. The minimum Gasteiger partial charge on any atom is -0.449 e. The molecule has 0 N–H and O–H groups in total. The summed E-state index contributed by atoms with van der Waals surface area (Å²) in [5.74, 6) is -2.03. The Balaban J connectivity index is 2.69. The van der Waals surface area contributed by atoms with Crippen LogP contribution in [0.15, 0.2) is 0 Å². The van der Waals surface area contributed by atoms with E-state index in [1.54, 1.807) is 0 Å². The summed E-state index contributed by atoms with van der Waals surface area (Å²) in [7, 11) is 0. The highest BCUT2D eigenvalue weighted by Crippen LogP contribution is 2.26. The van der Waals surface area contributed by atoms with Crippen LogP contribution in [0.3, 0.4) is 0 Å². The maximum atomic E-state index is 12.0. The van der Waals surface area contributed by atoms with Crippen LogP contribution in [-0.4, -0.2) is 42.1 Å². The van der Waals surface area contributed by atoms with E-state index in [4.69, 9.17) is 0 Å². The van der Waals surface area contributed by atoms with Crippen molar-refractivity contribution in [2.45, 2.75) is 45.8 Å². The van der Waals surface area contributed by atoms with Crippen LogP contribution in [0.5, 0.6) is 0 Å². The molecule has 0 bridgehead atoms. The number of ether oxygens (including phenoxy) is 1. The Morgan fingerprint density at radius 1 is 1.30 bits per heavy atom. The number of nitrogens with zero attached hydrogens (tertiary/aromatic N) is 1. The zero-order valence-corrected chi connectivity index (χ0v) is 11.9. The minimum absolute atomic E-state index is 0.128. The van der Waals surface area contributed by atoms with Crippen LogP contribution in [0, 0.1) is 11.8 Å². The Bertz CT molecular complexity index is 368. The first-order valence-corrected chi connectivity index (χ1v) is 6.66. The molecule has 0 aromatic carbocycles. The van der Waals surface area contributed by atoms with Crippen molar-refractivity contribution in [3.63, 3.8) is 0 Å². The summed E-state index contributed by atoms with van der Waals surface area (Å²) < 4.78 is 40.0. The molecule has 0 aromatic rings. The maximum Gasteiger partial charge on any atom is 0.422 e. The predicted molar refractivity (Wildman–Crippen MR) is 65.8 cm³/mol. The van der Waals surface area contributed by atoms with E-state index in [0.717, 1.165) is 12.8 Å². The zero-order chi connectivity index (χ0) is 15.5. The van der Waals surface area contributed by atoms with Crippen LogP contribution in [-0.2, 0) is 14.3 Å². The van der Waals surface area contributed by atoms with Gasteiger partial charge < -0.3 is 9.64 Å². The van der Waals surface area contributed by atoms with Crippen LogP contribution in [0.2, 0.25) is 0 Å². The highest BCUT2D eigenvalue weighted by molar-refractivity contribution is 6.32. The van der Waals surface area contributed by atoms with Crippen LogP contribution < -0.4 is 0 Å². The lowest BCUT2D eigenvalue weighted by Gasteiger charge is -2.40. The number of amides is 1. The molecule has 20 heavy (non-hydrogen) atoms. The number of likely N-dealkylation sites (tertiary alicyclic amines) is 1. The third kappa shape index (κ3) is 4.68. The SMILES string of the molecule is CC(C)[C@H]1CC[C@H](C)CN1C(=O)C(=O)OCC(F)(F)F. The van der Waals surface area contributed by atoms with Crippen molar-refractivity contribution < 1.29 is 27.5 Å². The minimum atomic E-state index is -4.62. The predicted octanol–water partition coefficient (Wildman–Crippen LogP) is 2.38. The lowest BCUT2D eigenvalue weighted by molar-refractivity contribution is -0.190. The van der Waals surface area contributed by atoms with Crippen molar-refractivity contribution in [2.24, 2.45) is 11.8 Å².